The monoisotopic (exact) mass is 442 g/mol. The number of likely N-dealkylation sites (tertiary alicyclic amines) is 2. The van der Waals surface area contributed by atoms with Crippen LogP contribution in [0.5, 0.6) is 5.75 Å². The van der Waals surface area contributed by atoms with Crippen molar-refractivity contribution < 1.29 is 17.4 Å². The fourth-order valence-corrected chi connectivity index (χ4v) is 5.77. The van der Waals surface area contributed by atoms with Crippen molar-refractivity contribution in [3.63, 3.8) is 0 Å². The van der Waals surface area contributed by atoms with Gasteiger partial charge < -0.3 is 14.0 Å². The lowest BCUT2D eigenvalue weighted by molar-refractivity contribution is 0.0709. The fraction of sp³-hybridized carbons (Fsp3) is 0.458. The second-order valence-electron chi connectivity index (χ2n) is 8.63. The van der Waals surface area contributed by atoms with Gasteiger partial charge in [-0.05, 0) is 94.1 Å². The molecule has 7 heteroatoms. The number of carbonyl (C=O) groups excluding carboxylic acids is 1. The third kappa shape index (κ3) is 4.93. The number of hydrogen-bond donors (Lipinski definition) is 0. The van der Waals surface area contributed by atoms with E-state index in [0.717, 1.165) is 44.6 Å². The van der Waals surface area contributed by atoms with Crippen molar-refractivity contribution in [1.29, 1.82) is 0 Å². The maximum atomic E-state index is 13.1. The van der Waals surface area contributed by atoms with Crippen molar-refractivity contribution in [1.82, 2.24) is 9.80 Å². The van der Waals surface area contributed by atoms with Crippen LogP contribution in [0.3, 0.4) is 0 Å². The highest BCUT2D eigenvalue weighted by atomic mass is 32.2. The topological polar surface area (TPSA) is 66.9 Å². The zero-order chi connectivity index (χ0) is 22.0. The van der Waals surface area contributed by atoms with Gasteiger partial charge in [-0.25, -0.2) is 0 Å². The van der Waals surface area contributed by atoms with Crippen LogP contribution in [0.25, 0.3) is 0 Å². The van der Waals surface area contributed by atoms with Gasteiger partial charge in [0.2, 0.25) is 0 Å². The second-order valence-corrected chi connectivity index (χ2v) is 10.1. The van der Waals surface area contributed by atoms with Gasteiger partial charge in [0.05, 0.1) is 0 Å². The molecule has 2 saturated heterocycles. The van der Waals surface area contributed by atoms with Crippen LogP contribution in [0.4, 0.5) is 0 Å². The number of aryl methyl sites for hydroxylation is 2. The zero-order valence-corrected chi connectivity index (χ0v) is 19.0. The first kappa shape index (κ1) is 21.8. The highest BCUT2D eigenvalue weighted by Crippen LogP contribution is 2.25. The third-order valence-corrected chi connectivity index (χ3v) is 7.62. The second kappa shape index (κ2) is 9.01. The van der Waals surface area contributed by atoms with E-state index in [9.17, 15) is 13.2 Å². The van der Waals surface area contributed by atoms with Crippen LogP contribution in [0.1, 0.15) is 47.2 Å². The van der Waals surface area contributed by atoms with Gasteiger partial charge >= 0.3 is 10.1 Å². The normalized spacial score (nSPS) is 19.7. The fourth-order valence-electron chi connectivity index (χ4n) is 4.52. The van der Waals surface area contributed by atoms with Gasteiger partial charge in [0.1, 0.15) is 10.6 Å². The van der Waals surface area contributed by atoms with Crippen molar-refractivity contribution in [3.8, 4) is 5.75 Å². The van der Waals surface area contributed by atoms with E-state index in [4.69, 9.17) is 4.18 Å². The van der Waals surface area contributed by atoms with E-state index in [1.54, 1.807) is 43.3 Å². The van der Waals surface area contributed by atoms with Crippen LogP contribution < -0.4 is 4.18 Å². The zero-order valence-electron chi connectivity index (χ0n) is 18.2. The average Bonchev–Trinajstić information content (AvgIpc) is 3.42. The molecule has 2 aliphatic rings. The molecule has 1 unspecified atom stereocenters. The lowest BCUT2D eigenvalue weighted by atomic mass is 10.1. The molecule has 6 nitrogen and oxygen atoms in total. The summed E-state index contributed by atoms with van der Waals surface area (Å²) >= 11 is 0. The largest absolute Gasteiger partial charge is 0.379 e. The first-order valence-corrected chi connectivity index (χ1v) is 12.4. The van der Waals surface area contributed by atoms with Gasteiger partial charge in [-0.15, -0.1) is 0 Å². The summed E-state index contributed by atoms with van der Waals surface area (Å²) in [7, 11) is -3.94. The summed E-state index contributed by atoms with van der Waals surface area (Å²) in [5.41, 5.74) is 2.04. The smallest absolute Gasteiger partial charge is 0.339 e. The van der Waals surface area contributed by atoms with Crippen molar-refractivity contribution >= 4 is 16.0 Å². The van der Waals surface area contributed by atoms with Gasteiger partial charge in [-0.3, -0.25) is 4.79 Å². The quantitative estimate of drug-likeness (QED) is 0.637. The van der Waals surface area contributed by atoms with E-state index >= 15 is 0 Å². The van der Waals surface area contributed by atoms with E-state index in [-0.39, 0.29) is 22.6 Å². The Morgan fingerprint density at radius 1 is 1.00 bits per heavy atom. The van der Waals surface area contributed by atoms with Crippen molar-refractivity contribution in [2.75, 3.05) is 26.2 Å². The molecule has 0 bridgehead atoms. The molecule has 2 aliphatic heterocycles. The van der Waals surface area contributed by atoms with Crippen LogP contribution in [-0.4, -0.2) is 56.3 Å². The first-order chi connectivity index (χ1) is 14.8. The molecule has 0 saturated carbocycles. The summed E-state index contributed by atoms with van der Waals surface area (Å²) in [5.74, 6) is 0.207. The number of amides is 1. The van der Waals surface area contributed by atoms with Crippen LogP contribution in [0.15, 0.2) is 47.4 Å². The Kier molecular flexibility index (Phi) is 6.34. The van der Waals surface area contributed by atoms with E-state index in [1.165, 1.54) is 12.8 Å². The number of rotatable bonds is 6. The van der Waals surface area contributed by atoms with Crippen LogP contribution >= 0.6 is 0 Å². The SMILES string of the molecule is Cc1ccc(C)c(S(=O)(=O)Oc2ccc(C(=O)N3CCCC3CN3CCCC3)cc2)c1. The highest BCUT2D eigenvalue weighted by molar-refractivity contribution is 7.87. The van der Waals surface area contributed by atoms with E-state index in [2.05, 4.69) is 4.90 Å². The Hall–Kier alpha value is -2.38. The Bertz CT molecular complexity index is 1040. The Morgan fingerprint density at radius 2 is 1.71 bits per heavy atom. The highest BCUT2D eigenvalue weighted by Gasteiger charge is 2.31. The molecule has 2 fully saturated rings. The first-order valence-electron chi connectivity index (χ1n) is 11.0. The van der Waals surface area contributed by atoms with Gasteiger partial charge in [0.15, 0.2) is 0 Å². The molecular formula is C24H30N2O4S. The van der Waals surface area contributed by atoms with Crippen LogP contribution in [-0.2, 0) is 10.1 Å². The molecule has 4 rings (SSSR count). The molecule has 0 radical (unpaired) electrons. The lowest BCUT2D eigenvalue weighted by Crippen LogP contribution is -2.42. The molecule has 2 aromatic rings. The number of carbonyl (C=O) groups is 1. The van der Waals surface area contributed by atoms with Crippen molar-refractivity contribution in [2.45, 2.75) is 50.5 Å². The summed E-state index contributed by atoms with van der Waals surface area (Å²) in [6.45, 7) is 7.55. The summed E-state index contributed by atoms with van der Waals surface area (Å²) in [6.07, 6.45) is 4.55. The molecule has 0 aliphatic carbocycles. The maximum absolute atomic E-state index is 13.1. The van der Waals surface area contributed by atoms with E-state index < -0.39 is 10.1 Å². The van der Waals surface area contributed by atoms with Gasteiger partial charge in [-0.2, -0.15) is 8.42 Å². The Morgan fingerprint density at radius 3 is 2.42 bits per heavy atom. The predicted octanol–water partition coefficient (Wildman–Crippen LogP) is 3.77. The molecule has 2 aromatic carbocycles. The lowest BCUT2D eigenvalue weighted by Gasteiger charge is -2.28. The summed E-state index contributed by atoms with van der Waals surface area (Å²) < 4.78 is 30.8. The van der Waals surface area contributed by atoms with Gasteiger partial charge in [0, 0.05) is 24.7 Å². The Labute approximate surface area is 184 Å². The minimum Gasteiger partial charge on any atom is -0.379 e. The van der Waals surface area contributed by atoms with E-state index in [1.807, 2.05) is 17.9 Å². The number of hydrogen-bond acceptors (Lipinski definition) is 5. The van der Waals surface area contributed by atoms with Gasteiger partial charge in [-0.1, -0.05) is 12.1 Å². The van der Waals surface area contributed by atoms with Gasteiger partial charge in [0.25, 0.3) is 5.91 Å². The molecule has 0 aromatic heterocycles. The number of benzene rings is 2. The molecule has 0 spiro atoms. The molecule has 166 valence electrons. The predicted molar refractivity (Wildman–Crippen MR) is 120 cm³/mol. The van der Waals surface area contributed by atoms with Crippen molar-refractivity contribution in [3.05, 3.63) is 59.2 Å². The van der Waals surface area contributed by atoms with Crippen molar-refractivity contribution in [2.24, 2.45) is 0 Å². The molecule has 31 heavy (non-hydrogen) atoms. The average molecular weight is 443 g/mol. The maximum Gasteiger partial charge on any atom is 0.339 e. The van der Waals surface area contributed by atoms with Crippen LogP contribution in [0.2, 0.25) is 0 Å². The van der Waals surface area contributed by atoms with Crippen LogP contribution in [0, 0.1) is 13.8 Å². The molecule has 1 amide bonds. The molecule has 0 N–H and O–H groups in total. The minimum atomic E-state index is -3.94. The van der Waals surface area contributed by atoms with E-state index in [0.29, 0.717) is 11.1 Å². The standard InChI is InChI=1S/C24H30N2O4S/c1-18-7-8-19(2)23(16-18)31(28,29)30-22-11-9-20(10-12-22)24(27)26-15-5-6-21(26)17-25-13-3-4-14-25/h7-12,16,21H,3-6,13-15,17H2,1-2H3. The summed E-state index contributed by atoms with van der Waals surface area (Å²) in [4.78, 5) is 17.7. The summed E-state index contributed by atoms with van der Waals surface area (Å²) in [5, 5.41) is 0. The molecule has 1 atom stereocenters. The molecule has 2 heterocycles. The molecular weight excluding hydrogens is 412 g/mol. The Balaban J connectivity index is 1.45. The third-order valence-electron chi connectivity index (χ3n) is 6.23. The summed E-state index contributed by atoms with van der Waals surface area (Å²) in [6, 6.07) is 11.9. The minimum absolute atomic E-state index is 0.00522. The number of nitrogens with zero attached hydrogens (tertiary/aromatic N) is 2.